The number of hydrogen-bond donors (Lipinski definition) is 2. The van der Waals surface area contributed by atoms with E-state index in [2.05, 4.69) is 9.97 Å². The summed E-state index contributed by atoms with van der Waals surface area (Å²) < 4.78 is 5.19. The van der Waals surface area contributed by atoms with Gasteiger partial charge in [0.05, 0.1) is 13.3 Å². The van der Waals surface area contributed by atoms with E-state index in [-0.39, 0.29) is 0 Å². The van der Waals surface area contributed by atoms with Crippen molar-refractivity contribution in [1.82, 2.24) is 9.97 Å². The number of hydrogen-bond acceptors (Lipinski definition) is 3. The molecule has 0 aliphatic rings. The zero-order valence-corrected chi connectivity index (χ0v) is 8.74. The number of aromatic amines is 1. The first-order valence-corrected chi connectivity index (χ1v) is 4.66. The summed E-state index contributed by atoms with van der Waals surface area (Å²) in [4.78, 5) is 7.14. The number of ether oxygens (including phenoxy) is 1. The lowest BCUT2D eigenvalue weighted by molar-refractivity contribution is 0.412. The minimum atomic E-state index is 0.568. The van der Waals surface area contributed by atoms with Crippen LogP contribution in [0.1, 0.15) is 5.56 Å². The molecule has 2 rings (SSSR count). The molecule has 1 heterocycles. The Morgan fingerprint density at radius 3 is 2.73 bits per heavy atom. The van der Waals surface area contributed by atoms with Gasteiger partial charge in [-0.2, -0.15) is 0 Å². The Morgan fingerprint density at radius 2 is 2.20 bits per heavy atom. The number of nitrogens with two attached hydrogens (primary N) is 1. The van der Waals surface area contributed by atoms with E-state index in [1.165, 1.54) is 0 Å². The normalized spacial score (nSPS) is 10.3. The Balaban J connectivity index is 2.42. The number of aryl methyl sites for hydroxylation is 1. The molecule has 1 aromatic carbocycles. The molecule has 0 bridgehead atoms. The summed E-state index contributed by atoms with van der Waals surface area (Å²) in [5.41, 5.74) is 7.65. The van der Waals surface area contributed by atoms with Crippen molar-refractivity contribution >= 4 is 5.82 Å². The molecule has 1 aromatic heterocycles. The molecule has 0 radical (unpaired) electrons. The molecule has 0 saturated carbocycles. The fraction of sp³-hybridized carbons (Fsp3) is 0.182. The lowest BCUT2D eigenvalue weighted by Crippen LogP contribution is -1.89. The molecular formula is C11H13N3O. The van der Waals surface area contributed by atoms with Crippen LogP contribution in [0.5, 0.6) is 5.75 Å². The van der Waals surface area contributed by atoms with Gasteiger partial charge in [-0.1, -0.05) is 0 Å². The maximum absolute atomic E-state index is 5.57. The number of anilines is 1. The number of benzene rings is 1. The first-order chi connectivity index (χ1) is 7.20. The SMILES string of the molecule is COc1ccc(-c2ncc(N)[nH]2)cc1C. The molecule has 0 aliphatic heterocycles. The molecule has 0 unspecified atom stereocenters. The van der Waals surface area contributed by atoms with Gasteiger partial charge in [-0.3, -0.25) is 0 Å². The number of rotatable bonds is 2. The number of nitrogens with one attached hydrogen (secondary N) is 1. The molecule has 0 amide bonds. The van der Waals surface area contributed by atoms with Crippen LogP contribution in [0.2, 0.25) is 0 Å². The van der Waals surface area contributed by atoms with Crippen LogP contribution in [-0.4, -0.2) is 17.1 Å². The Hall–Kier alpha value is -1.97. The molecule has 3 N–H and O–H groups in total. The van der Waals surface area contributed by atoms with Crippen LogP contribution in [0.15, 0.2) is 24.4 Å². The molecule has 4 nitrogen and oxygen atoms in total. The van der Waals surface area contributed by atoms with Gasteiger partial charge < -0.3 is 15.5 Å². The Kier molecular flexibility index (Phi) is 2.33. The molecule has 0 atom stereocenters. The van der Waals surface area contributed by atoms with Crippen molar-refractivity contribution < 1.29 is 4.74 Å². The Bertz CT molecular complexity index is 476. The average Bonchev–Trinajstić information content (AvgIpc) is 2.65. The summed E-state index contributed by atoms with van der Waals surface area (Å²) in [6.07, 6.45) is 1.61. The van der Waals surface area contributed by atoms with Crippen molar-refractivity contribution in [3.8, 4) is 17.1 Å². The molecule has 0 fully saturated rings. The predicted molar refractivity (Wildman–Crippen MR) is 59.7 cm³/mol. The van der Waals surface area contributed by atoms with E-state index in [4.69, 9.17) is 10.5 Å². The van der Waals surface area contributed by atoms with Crippen LogP contribution in [0.3, 0.4) is 0 Å². The second-order valence-corrected chi connectivity index (χ2v) is 3.37. The van der Waals surface area contributed by atoms with E-state index < -0.39 is 0 Å². The summed E-state index contributed by atoms with van der Waals surface area (Å²) in [6.45, 7) is 1.99. The largest absolute Gasteiger partial charge is 0.496 e. The second-order valence-electron chi connectivity index (χ2n) is 3.37. The van der Waals surface area contributed by atoms with E-state index in [1.807, 2.05) is 25.1 Å². The van der Waals surface area contributed by atoms with E-state index in [9.17, 15) is 0 Å². The van der Waals surface area contributed by atoms with Gasteiger partial charge in [-0.05, 0) is 30.7 Å². The fourth-order valence-corrected chi connectivity index (χ4v) is 1.51. The maximum Gasteiger partial charge on any atom is 0.138 e. The number of methoxy groups -OCH3 is 1. The van der Waals surface area contributed by atoms with Crippen molar-refractivity contribution in [2.24, 2.45) is 0 Å². The van der Waals surface area contributed by atoms with E-state index in [1.54, 1.807) is 13.3 Å². The van der Waals surface area contributed by atoms with E-state index in [0.29, 0.717) is 5.82 Å². The standard InChI is InChI=1S/C11H13N3O/c1-7-5-8(3-4-9(7)15-2)11-13-6-10(12)14-11/h3-6H,12H2,1-2H3,(H,13,14). The topological polar surface area (TPSA) is 63.9 Å². The fourth-order valence-electron chi connectivity index (χ4n) is 1.51. The van der Waals surface area contributed by atoms with Crippen molar-refractivity contribution in [3.63, 3.8) is 0 Å². The summed E-state index contributed by atoms with van der Waals surface area (Å²) >= 11 is 0. The smallest absolute Gasteiger partial charge is 0.138 e. The lowest BCUT2D eigenvalue weighted by Gasteiger charge is -2.05. The third-order valence-corrected chi connectivity index (χ3v) is 2.26. The highest BCUT2D eigenvalue weighted by Gasteiger charge is 2.04. The quantitative estimate of drug-likeness (QED) is 0.784. The predicted octanol–water partition coefficient (Wildman–Crippen LogP) is 1.98. The average molecular weight is 203 g/mol. The Morgan fingerprint density at radius 1 is 1.40 bits per heavy atom. The number of H-pyrrole nitrogens is 1. The summed E-state index contributed by atoms with van der Waals surface area (Å²) in [5, 5.41) is 0. The zero-order chi connectivity index (χ0) is 10.8. The van der Waals surface area contributed by atoms with Gasteiger partial charge in [0.1, 0.15) is 17.4 Å². The van der Waals surface area contributed by atoms with Gasteiger partial charge >= 0.3 is 0 Å². The van der Waals surface area contributed by atoms with Crippen molar-refractivity contribution in [3.05, 3.63) is 30.0 Å². The highest BCUT2D eigenvalue weighted by Crippen LogP contribution is 2.24. The third kappa shape index (κ3) is 1.79. The molecule has 0 aliphatic carbocycles. The molecule has 0 spiro atoms. The van der Waals surface area contributed by atoms with Gasteiger partial charge in [0.25, 0.3) is 0 Å². The highest BCUT2D eigenvalue weighted by atomic mass is 16.5. The van der Waals surface area contributed by atoms with Gasteiger partial charge in [0.2, 0.25) is 0 Å². The summed E-state index contributed by atoms with van der Waals surface area (Å²) in [6, 6.07) is 5.88. The summed E-state index contributed by atoms with van der Waals surface area (Å²) in [7, 11) is 1.66. The van der Waals surface area contributed by atoms with Gasteiger partial charge in [-0.25, -0.2) is 4.98 Å². The number of nitrogens with zero attached hydrogens (tertiary/aromatic N) is 1. The highest BCUT2D eigenvalue weighted by molar-refractivity contribution is 5.60. The van der Waals surface area contributed by atoms with Gasteiger partial charge in [-0.15, -0.1) is 0 Å². The molecule has 15 heavy (non-hydrogen) atoms. The van der Waals surface area contributed by atoms with Gasteiger partial charge in [0, 0.05) is 5.56 Å². The number of nitrogen functional groups attached to an aromatic ring is 1. The lowest BCUT2D eigenvalue weighted by atomic mass is 10.1. The van der Waals surface area contributed by atoms with Crippen molar-refractivity contribution in [1.29, 1.82) is 0 Å². The first kappa shape index (κ1) is 9.58. The maximum atomic E-state index is 5.57. The monoisotopic (exact) mass is 203 g/mol. The minimum Gasteiger partial charge on any atom is -0.496 e. The van der Waals surface area contributed by atoms with Crippen molar-refractivity contribution in [2.45, 2.75) is 6.92 Å². The van der Waals surface area contributed by atoms with Crippen LogP contribution >= 0.6 is 0 Å². The van der Waals surface area contributed by atoms with Crippen LogP contribution in [0.25, 0.3) is 11.4 Å². The van der Waals surface area contributed by atoms with Crippen LogP contribution < -0.4 is 10.5 Å². The Labute approximate surface area is 88.1 Å². The molecule has 4 heteroatoms. The second kappa shape index (κ2) is 3.65. The first-order valence-electron chi connectivity index (χ1n) is 4.66. The van der Waals surface area contributed by atoms with Crippen molar-refractivity contribution in [2.75, 3.05) is 12.8 Å². The zero-order valence-electron chi connectivity index (χ0n) is 8.74. The van der Waals surface area contributed by atoms with Crippen LogP contribution in [0, 0.1) is 6.92 Å². The minimum absolute atomic E-state index is 0.568. The third-order valence-electron chi connectivity index (χ3n) is 2.26. The van der Waals surface area contributed by atoms with Gasteiger partial charge in [0.15, 0.2) is 0 Å². The molecule has 0 saturated heterocycles. The molecule has 2 aromatic rings. The number of aromatic nitrogens is 2. The van der Waals surface area contributed by atoms with E-state index in [0.717, 1.165) is 22.7 Å². The van der Waals surface area contributed by atoms with E-state index >= 15 is 0 Å². The molecule has 78 valence electrons. The van der Waals surface area contributed by atoms with Crippen LogP contribution in [0.4, 0.5) is 5.82 Å². The summed E-state index contributed by atoms with van der Waals surface area (Å²) in [5.74, 6) is 2.22. The molecular weight excluding hydrogens is 190 g/mol. The number of imidazole rings is 1. The van der Waals surface area contributed by atoms with Crippen LogP contribution in [-0.2, 0) is 0 Å².